The first-order valence-corrected chi connectivity index (χ1v) is 12.3. The average Bonchev–Trinajstić information content (AvgIpc) is 3.11. The smallest absolute Gasteiger partial charge is 0.219 e. The standard InChI is InChI=1S/C26H37N5O4/c1-7-19(8-2)35-23-10-11-24-30(29-25(27)31(24)28-23)17-22(32)18-14-20(33-9-3)16-21(15-18)34-13-12-26(4,5)6/h10-11,14-16,19,27H,7-9,12-13,17H2,1-6H3. The number of rotatable bonds is 12. The zero-order valence-corrected chi connectivity index (χ0v) is 21.6. The fourth-order valence-corrected chi connectivity index (χ4v) is 3.53. The fourth-order valence-electron chi connectivity index (χ4n) is 3.53. The molecule has 0 aliphatic heterocycles. The van der Waals surface area contributed by atoms with E-state index in [2.05, 4.69) is 44.8 Å². The van der Waals surface area contributed by atoms with E-state index in [1.54, 1.807) is 30.3 Å². The highest BCUT2D eigenvalue weighted by Crippen LogP contribution is 2.25. The molecule has 1 N–H and O–H groups in total. The van der Waals surface area contributed by atoms with E-state index < -0.39 is 0 Å². The van der Waals surface area contributed by atoms with Crippen LogP contribution in [0.2, 0.25) is 0 Å². The Kier molecular flexibility index (Phi) is 8.53. The van der Waals surface area contributed by atoms with Crippen LogP contribution in [0.3, 0.4) is 0 Å². The molecule has 0 amide bonds. The number of ether oxygens (including phenoxy) is 3. The molecule has 3 rings (SSSR count). The number of fused-ring (bicyclic) bond motifs is 1. The number of nitrogens with one attached hydrogen (secondary N) is 1. The van der Waals surface area contributed by atoms with E-state index in [1.807, 2.05) is 6.92 Å². The molecule has 0 aliphatic carbocycles. The van der Waals surface area contributed by atoms with Crippen molar-refractivity contribution < 1.29 is 23.7 Å². The predicted octanol–water partition coefficient (Wildman–Crippen LogP) is 3.72. The second kappa shape index (κ2) is 11.4. The van der Waals surface area contributed by atoms with Crippen LogP contribution >= 0.6 is 0 Å². The van der Waals surface area contributed by atoms with E-state index in [9.17, 15) is 4.79 Å². The van der Waals surface area contributed by atoms with Gasteiger partial charge in [0.25, 0.3) is 0 Å². The van der Waals surface area contributed by atoms with E-state index in [0.717, 1.165) is 19.3 Å². The summed E-state index contributed by atoms with van der Waals surface area (Å²) in [4.78, 5) is 13.2. The quantitative estimate of drug-likeness (QED) is 0.311. The van der Waals surface area contributed by atoms with Gasteiger partial charge in [0.2, 0.25) is 11.7 Å². The van der Waals surface area contributed by atoms with Crippen molar-refractivity contribution in [1.29, 1.82) is 5.41 Å². The molecule has 0 saturated heterocycles. The molecule has 1 aromatic carbocycles. The van der Waals surface area contributed by atoms with E-state index in [0.29, 0.717) is 41.8 Å². The molecule has 35 heavy (non-hydrogen) atoms. The Hall–Kier alpha value is -3.36. The SMILES string of the molecule is CCOc1cc(OCCC(C)(C)C)cc(C(=O)C[n+]2[n-]c(=N)n3nc(OC(CC)CC)ccc32)c1. The summed E-state index contributed by atoms with van der Waals surface area (Å²) in [6, 6.07) is 8.75. The molecule has 2 heterocycles. The van der Waals surface area contributed by atoms with Crippen LogP contribution in [-0.2, 0) is 6.54 Å². The van der Waals surface area contributed by atoms with Gasteiger partial charge in [-0.3, -0.25) is 9.31 Å². The van der Waals surface area contributed by atoms with Gasteiger partial charge in [-0.15, -0.1) is 0 Å². The maximum Gasteiger partial charge on any atom is 0.219 e. The molecule has 9 nitrogen and oxygen atoms in total. The number of carbonyl (C=O) groups excluding carboxylic acids is 1. The lowest BCUT2D eigenvalue weighted by Crippen LogP contribution is -2.43. The van der Waals surface area contributed by atoms with Gasteiger partial charge in [0, 0.05) is 17.7 Å². The molecule has 0 bridgehead atoms. The first kappa shape index (κ1) is 26.2. The molecule has 0 saturated carbocycles. The maximum atomic E-state index is 13.2. The molecular formula is C26H37N5O4. The minimum atomic E-state index is -0.172. The summed E-state index contributed by atoms with van der Waals surface area (Å²) >= 11 is 0. The summed E-state index contributed by atoms with van der Waals surface area (Å²) in [5.74, 6) is 1.43. The van der Waals surface area contributed by atoms with Crippen molar-refractivity contribution in [3.8, 4) is 17.4 Å². The second-order valence-corrected chi connectivity index (χ2v) is 9.69. The molecule has 3 aromatic rings. The first-order chi connectivity index (χ1) is 16.6. The summed E-state index contributed by atoms with van der Waals surface area (Å²) < 4.78 is 20.3. The molecule has 2 aromatic heterocycles. The highest BCUT2D eigenvalue weighted by atomic mass is 16.5. The van der Waals surface area contributed by atoms with Gasteiger partial charge in [-0.25, -0.2) is 9.78 Å². The van der Waals surface area contributed by atoms with E-state index in [-0.39, 0.29) is 29.5 Å². The summed E-state index contributed by atoms with van der Waals surface area (Å²) in [5.41, 5.74) is 1.07. The summed E-state index contributed by atoms with van der Waals surface area (Å²) in [6.07, 6.45) is 2.67. The average molecular weight is 484 g/mol. The summed E-state index contributed by atoms with van der Waals surface area (Å²) in [7, 11) is 0. The van der Waals surface area contributed by atoms with Crippen LogP contribution in [0.1, 0.15) is 71.2 Å². The Labute approximate surface area is 206 Å². The van der Waals surface area contributed by atoms with Crippen LogP contribution in [0.15, 0.2) is 30.3 Å². The third-order valence-corrected chi connectivity index (χ3v) is 5.60. The molecule has 9 heteroatoms. The molecule has 0 spiro atoms. The largest absolute Gasteiger partial charge is 0.494 e. The Balaban J connectivity index is 1.83. The van der Waals surface area contributed by atoms with Crippen LogP contribution < -0.4 is 29.6 Å². The minimum absolute atomic E-state index is 0.0478. The Morgan fingerprint density at radius 2 is 1.80 bits per heavy atom. The Morgan fingerprint density at radius 3 is 2.43 bits per heavy atom. The molecule has 0 radical (unpaired) electrons. The lowest BCUT2D eigenvalue weighted by atomic mass is 9.93. The lowest BCUT2D eigenvalue weighted by Gasteiger charge is -2.18. The van der Waals surface area contributed by atoms with Crippen LogP contribution in [0.25, 0.3) is 5.65 Å². The molecule has 0 unspecified atom stereocenters. The number of benzene rings is 1. The molecule has 0 fully saturated rings. The van der Waals surface area contributed by atoms with Crippen molar-refractivity contribution in [2.75, 3.05) is 13.2 Å². The van der Waals surface area contributed by atoms with Crippen LogP contribution in [-0.4, -0.2) is 34.7 Å². The van der Waals surface area contributed by atoms with Gasteiger partial charge in [0.1, 0.15) is 11.5 Å². The number of hydrogen-bond acceptors (Lipinski definition) is 6. The Bertz CT molecular complexity index is 1200. The monoisotopic (exact) mass is 483 g/mol. The first-order valence-electron chi connectivity index (χ1n) is 12.3. The fraction of sp³-hybridized carbons (Fsp3) is 0.538. The van der Waals surface area contributed by atoms with Gasteiger partial charge >= 0.3 is 0 Å². The van der Waals surface area contributed by atoms with Gasteiger partial charge in [0.15, 0.2) is 12.2 Å². The van der Waals surface area contributed by atoms with E-state index in [4.69, 9.17) is 19.6 Å². The van der Waals surface area contributed by atoms with Crippen molar-refractivity contribution in [1.82, 2.24) is 14.7 Å². The third-order valence-electron chi connectivity index (χ3n) is 5.60. The van der Waals surface area contributed by atoms with Gasteiger partial charge in [-0.05, 0) is 49.8 Å². The third kappa shape index (κ3) is 7.07. The van der Waals surface area contributed by atoms with Crippen molar-refractivity contribution in [3.05, 3.63) is 41.5 Å². The van der Waals surface area contributed by atoms with Crippen molar-refractivity contribution in [2.24, 2.45) is 5.41 Å². The number of carbonyl (C=O) groups is 1. The lowest BCUT2D eigenvalue weighted by molar-refractivity contribution is -0.721. The normalized spacial score (nSPS) is 11.7. The van der Waals surface area contributed by atoms with Crippen molar-refractivity contribution in [3.63, 3.8) is 0 Å². The number of hydrogen-bond donors (Lipinski definition) is 1. The molecule has 0 atom stereocenters. The topological polar surface area (TPSA) is 104 Å². The van der Waals surface area contributed by atoms with Crippen LogP contribution in [0.5, 0.6) is 17.4 Å². The minimum Gasteiger partial charge on any atom is -0.494 e. The molecular weight excluding hydrogens is 446 g/mol. The van der Waals surface area contributed by atoms with Crippen LogP contribution in [0, 0.1) is 10.8 Å². The van der Waals surface area contributed by atoms with Gasteiger partial charge in [-0.2, -0.15) is 5.10 Å². The van der Waals surface area contributed by atoms with Gasteiger partial charge in [0.05, 0.1) is 24.9 Å². The van der Waals surface area contributed by atoms with E-state index in [1.165, 1.54) is 9.20 Å². The molecule has 0 aliphatic rings. The number of Topliss-reactive ketones (excluding diaryl/α,β-unsaturated/α-hetero) is 1. The van der Waals surface area contributed by atoms with Crippen molar-refractivity contribution >= 4 is 11.4 Å². The van der Waals surface area contributed by atoms with Gasteiger partial charge < -0.3 is 19.6 Å². The van der Waals surface area contributed by atoms with Gasteiger partial charge in [-0.1, -0.05) is 34.6 Å². The maximum absolute atomic E-state index is 13.2. The highest BCUT2D eigenvalue weighted by molar-refractivity contribution is 5.96. The number of nitrogens with zero attached hydrogens (tertiary/aromatic N) is 4. The zero-order chi connectivity index (χ0) is 25.6. The predicted molar refractivity (Wildman–Crippen MR) is 131 cm³/mol. The Morgan fingerprint density at radius 1 is 1.11 bits per heavy atom. The number of aromatic nitrogens is 4. The molecule has 190 valence electrons. The zero-order valence-electron chi connectivity index (χ0n) is 21.6. The van der Waals surface area contributed by atoms with Crippen LogP contribution in [0.4, 0.5) is 0 Å². The van der Waals surface area contributed by atoms with E-state index >= 15 is 0 Å². The summed E-state index contributed by atoms with van der Waals surface area (Å²) in [5, 5.41) is 16.8. The number of ketones is 1. The highest BCUT2D eigenvalue weighted by Gasteiger charge is 2.17. The van der Waals surface area contributed by atoms with Crippen molar-refractivity contribution in [2.45, 2.75) is 73.5 Å². The summed E-state index contributed by atoms with van der Waals surface area (Å²) in [6.45, 7) is 13.5. The second-order valence-electron chi connectivity index (χ2n) is 9.69.